The van der Waals surface area contributed by atoms with Crippen LogP contribution in [0.15, 0.2) is 17.3 Å². The van der Waals surface area contributed by atoms with Crippen LogP contribution in [0.1, 0.15) is 23.1 Å². The Bertz CT molecular complexity index is 397. The van der Waals surface area contributed by atoms with Crippen molar-refractivity contribution in [3.05, 3.63) is 28.8 Å². The smallest absolute Gasteiger partial charge is 0.131 e. The molecule has 1 aliphatic rings. The van der Waals surface area contributed by atoms with E-state index in [4.69, 9.17) is 9.94 Å². The van der Waals surface area contributed by atoms with Gasteiger partial charge in [-0.1, -0.05) is 11.2 Å². The van der Waals surface area contributed by atoms with E-state index >= 15 is 0 Å². The highest BCUT2D eigenvalue weighted by molar-refractivity contribution is 6.03. The molecule has 1 N–H and O–H groups in total. The molecule has 1 aliphatic heterocycles. The molecule has 0 unspecified atom stereocenters. The van der Waals surface area contributed by atoms with E-state index in [-0.39, 0.29) is 0 Å². The maximum Gasteiger partial charge on any atom is 0.131 e. The van der Waals surface area contributed by atoms with Crippen LogP contribution < -0.4 is 4.74 Å². The Morgan fingerprint density at radius 3 is 2.86 bits per heavy atom. The van der Waals surface area contributed by atoms with Gasteiger partial charge in [-0.15, -0.1) is 0 Å². The molecule has 0 aliphatic carbocycles. The molecule has 0 saturated heterocycles. The highest BCUT2D eigenvalue weighted by atomic mass is 16.5. The molecule has 1 heterocycles. The van der Waals surface area contributed by atoms with Crippen LogP contribution in [0.4, 0.5) is 0 Å². The summed E-state index contributed by atoms with van der Waals surface area (Å²) in [6.45, 7) is 4.66. The van der Waals surface area contributed by atoms with E-state index in [1.165, 1.54) is 5.56 Å². The molecule has 0 aromatic heterocycles. The molecule has 0 amide bonds. The van der Waals surface area contributed by atoms with E-state index in [0.717, 1.165) is 16.9 Å². The predicted molar refractivity (Wildman–Crippen MR) is 54.4 cm³/mol. The lowest BCUT2D eigenvalue weighted by Crippen LogP contribution is -2.17. The third kappa shape index (κ3) is 1.25. The molecule has 0 saturated carbocycles. The van der Waals surface area contributed by atoms with Crippen LogP contribution in [0.25, 0.3) is 0 Å². The molecular formula is C11H13NO2. The molecule has 0 fully saturated rings. The highest BCUT2D eigenvalue weighted by Crippen LogP contribution is 2.30. The molecule has 1 aromatic carbocycles. The zero-order valence-electron chi connectivity index (χ0n) is 8.37. The average molecular weight is 191 g/mol. The minimum atomic E-state index is 0.594. The van der Waals surface area contributed by atoms with Gasteiger partial charge in [0.15, 0.2) is 0 Å². The van der Waals surface area contributed by atoms with Crippen LogP contribution in [0.3, 0.4) is 0 Å². The standard InChI is InChI=1S/C11H13NO2/c1-7-3-4-9-10(12-13)5-6-14-11(9)8(7)2/h3-4,13H,5-6H2,1-2H3/b12-10+. The fourth-order valence-corrected chi connectivity index (χ4v) is 1.69. The van der Waals surface area contributed by atoms with Crippen LogP contribution in [0, 0.1) is 13.8 Å². The van der Waals surface area contributed by atoms with Gasteiger partial charge in [0, 0.05) is 12.0 Å². The average Bonchev–Trinajstić information content (AvgIpc) is 2.23. The van der Waals surface area contributed by atoms with E-state index in [1.54, 1.807) is 0 Å². The third-order valence-electron chi connectivity index (χ3n) is 2.69. The molecule has 0 bridgehead atoms. The summed E-state index contributed by atoms with van der Waals surface area (Å²) >= 11 is 0. The van der Waals surface area contributed by atoms with Gasteiger partial charge in [-0.25, -0.2) is 0 Å². The molecule has 0 spiro atoms. The van der Waals surface area contributed by atoms with Crippen LogP contribution in [0.5, 0.6) is 5.75 Å². The summed E-state index contributed by atoms with van der Waals surface area (Å²) in [6, 6.07) is 3.97. The summed E-state index contributed by atoms with van der Waals surface area (Å²) in [6.07, 6.45) is 0.673. The van der Waals surface area contributed by atoms with Crippen LogP contribution in [0.2, 0.25) is 0 Å². The second kappa shape index (κ2) is 3.33. The van der Waals surface area contributed by atoms with Gasteiger partial charge in [-0.05, 0) is 31.0 Å². The Balaban J connectivity index is 2.62. The number of ether oxygens (including phenoxy) is 1. The molecule has 3 heteroatoms. The predicted octanol–water partition coefficient (Wildman–Crippen LogP) is 2.26. The number of oxime groups is 1. The van der Waals surface area contributed by atoms with Crippen molar-refractivity contribution in [1.29, 1.82) is 0 Å². The summed E-state index contributed by atoms with van der Waals surface area (Å²) < 4.78 is 5.58. The second-order valence-electron chi connectivity index (χ2n) is 3.53. The van der Waals surface area contributed by atoms with Crippen molar-refractivity contribution < 1.29 is 9.94 Å². The molecule has 0 radical (unpaired) electrons. The monoisotopic (exact) mass is 191 g/mol. The Morgan fingerprint density at radius 2 is 2.14 bits per heavy atom. The Morgan fingerprint density at radius 1 is 1.36 bits per heavy atom. The van der Waals surface area contributed by atoms with Gasteiger partial charge in [-0.2, -0.15) is 0 Å². The van der Waals surface area contributed by atoms with E-state index < -0.39 is 0 Å². The number of fused-ring (bicyclic) bond motifs is 1. The summed E-state index contributed by atoms with van der Waals surface area (Å²) in [7, 11) is 0. The number of rotatable bonds is 0. The lowest BCUT2D eigenvalue weighted by Gasteiger charge is -2.20. The van der Waals surface area contributed by atoms with E-state index in [9.17, 15) is 0 Å². The fraction of sp³-hybridized carbons (Fsp3) is 0.364. The van der Waals surface area contributed by atoms with Crippen molar-refractivity contribution >= 4 is 5.71 Å². The Kier molecular flexibility index (Phi) is 2.15. The minimum Gasteiger partial charge on any atom is -0.492 e. The maximum absolute atomic E-state index is 8.83. The third-order valence-corrected chi connectivity index (χ3v) is 2.69. The Labute approximate surface area is 83.0 Å². The number of benzene rings is 1. The molecule has 74 valence electrons. The quantitative estimate of drug-likeness (QED) is 0.505. The topological polar surface area (TPSA) is 41.8 Å². The second-order valence-corrected chi connectivity index (χ2v) is 3.53. The SMILES string of the molecule is Cc1ccc2c(c1C)OCC/C2=N\O. The van der Waals surface area contributed by atoms with Gasteiger partial charge in [0.05, 0.1) is 12.3 Å². The first-order valence-corrected chi connectivity index (χ1v) is 4.68. The first-order valence-electron chi connectivity index (χ1n) is 4.68. The van der Waals surface area contributed by atoms with Crippen LogP contribution in [-0.2, 0) is 0 Å². The zero-order chi connectivity index (χ0) is 10.1. The Hall–Kier alpha value is -1.51. The lowest BCUT2D eigenvalue weighted by molar-refractivity contribution is 0.297. The molecule has 14 heavy (non-hydrogen) atoms. The van der Waals surface area contributed by atoms with Gasteiger partial charge in [0.1, 0.15) is 5.75 Å². The molecule has 1 aromatic rings. The fourth-order valence-electron chi connectivity index (χ4n) is 1.69. The van der Waals surface area contributed by atoms with Gasteiger partial charge in [-0.3, -0.25) is 0 Å². The molecule has 3 nitrogen and oxygen atoms in total. The van der Waals surface area contributed by atoms with Gasteiger partial charge in [0.25, 0.3) is 0 Å². The molecule has 0 atom stereocenters. The van der Waals surface area contributed by atoms with Crippen molar-refractivity contribution in [2.24, 2.45) is 5.16 Å². The van der Waals surface area contributed by atoms with Crippen molar-refractivity contribution in [3.63, 3.8) is 0 Å². The minimum absolute atomic E-state index is 0.594. The van der Waals surface area contributed by atoms with Gasteiger partial charge < -0.3 is 9.94 Å². The van der Waals surface area contributed by atoms with E-state index in [0.29, 0.717) is 18.7 Å². The number of nitrogens with zero attached hydrogens (tertiary/aromatic N) is 1. The van der Waals surface area contributed by atoms with E-state index in [1.807, 2.05) is 26.0 Å². The normalized spacial score (nSPS) is 17.7. The molecule has 2 rings (SSSR count). The van der Waals surface area contributed by atoms with E-state index in [2.05, 4.69) is 5.16 Å². The van der Waals surface area contributed by atoms with Crippen LogP contribution in [-0.4, -0.2) is 17.5 Å². The first-order chi connectivity index (χ1) is 6.74. The summed E-state index contributed by atoms with van der Waals surface area (Å²) in [5, 5.41) is 12.1. The maximum atomic E-state index is 8.83. The van der Waals surface area contributed by atoms with Crippen molar-refractivity contribution in [1.82, 2.24) is 0 Å². The number of hydrogen-bond donors (Lipinski definition) is 1. The molecular weight excluding hydrogens is 178 g/mol. The van der Waals surface area contributed by atoms with Crippen molar-refractivity contribution in [2.45, 2.75) is 20.3 Å². The summed E-state index contributed by atoms with van der Waals surface area (Å²) in [5.74, 6) is 0.865. The zero-order valence-corrected chi connectivity index (χ0v) is 8.37. The highest BCUT2D eigenvalue weighted by Gasteiger charge is 2.19. The van der Waals surface area contributed by atoms with Crippen molar-refractivity contribution in [2.75, 3.05) is 6.61 Å². The van der Waals surface area contributed by atoms with Crippen molar-refractivity contribution in [3.8, 4) is 5.75 Å². The number of hydrogen-bond acceptors (Lipinski definition) is 3. The number of aryl methyl sites for hydroxylation is 1. The van der Waals surface area contributed by atoms with Crippen LogP contribution >= 0.6 is 0 Å². The summed E-state index contributed by atoms with van der Waals surface area (Å²) in [5.41, 5.74) is 3.96. The van der Waals surface area contributed by atoms with Gasteiger partial charge >= 0.3 is 0 Å². The first kappa shape index (κ1) is 9.06. The summed E-state index contributed by atoms with van der Waals surface area (Å²) in [4.78, 5) is 0. The van der Waals surface area contributed by atoms with Gasteiger partial charge in [0.2, 0.25) is 0 Å². The largest absolute Gasteiger partial charge is 0.492 e. The lowest BCUT2D eigenvalue weighted by atomic mass is 9.98.